The number of hydrogen-bond acceptors (Lipinski definition) is 5. The molecule has 0 amide bonds. The molecule has 0 saturated carbocycles. The van der Waals surface area contributed by atoms with Crippen molar-refractivity contribution in [3.05, 3.63) is 53.6 Å². The Morgan fingerprint density at radius 3 is 2.52 bits per heavy atom. The molecule has 1 aliphatic rings. The van der Waals surface area contributed by atoms with Gasteiger partial charge in [0.05, 0.1) is 0 Å². The molecule has 0 aliphatic carbocycles. The molecule has 6 heteroatoms. The average Bonchev–Trinajstić information content (AvgIpc) is 2.61. The molecule has 2 heterocycles. The van der Waals surface area contributed by atoms with E-state index in [-0.39, 0.29) is 11.9 Å². The van der Waals surface area contributed by atoms with E-state index in [9.17, 15) is 4.39 Å². The van der Waals surface area contributed by atoms with Crippen molar-refractivity contribution < 1.29 is 4.39 Å². The maximum absolute atomic E-state index is 13.2. The molecule has 25 heavy (non-hydrogen) atoms. The van der Waals surface area contributed by atoms with E-state index in [1.807, 2.05) is 18.5 Å². The van der Waals surface area contributed by atoms with Gasteiger partial charge < -0.3 is 15.1 Å². The van der Waals surface area contributed by atoms with Crippen molar-refractivity contribution in [1.82, 2.24) is 20.2 Å². The molecule has 2 aromatic rings. The van der Waals surface area contributed by atoms with E-state index in [1.54, 1.807) is 12.1 Å². The van der Waals surface area contributed by atoms with Gasteiger partial charge in [-0.25, -0.2) is 14.4 Å². The van der Waals surface area contributed by atoms with E-state index in [1.165, 1.54) is 6.07 Å². The topological polar surface area (TPSA) is 44.3 Å². The molecule has 1 atom stereocenters. The summed E-state index contributed by atoms with van der Waals surface area (Å²) in [6.07, 6.45) is 4.57. The molecule has 1 aromatic heterocycles. The zero-order chi connectivity index (χ0) is 17.6. The number of likely N-dealkylation sites (N-methyl/N-ethyl adjacent to an activating group) is 1. The molecular formula is C19H26FN5. The lowest BCUT2D eigenvalue weighted by atomic mass is 10.1. The molecule has 0 unspecified atom stereocenters. The van der Waals surface area contributed by atoms with Gasteiger partial charge in [0.2, 0.25) is 5.95 Å². The molecule has 3 rings (SSSR count). The maximum atomic E-state index is 13.2. The van der Waals surface area contributed by atoms with Gasteiger partial charge in [-0.05, 0) is 38.1 Å². The van der Waals surface area contributed by atoms with Crippen molar-refractivity contribution >= 4 is 5.95 Å². The number of rotatable bonds is 6. The lowest BCUT2D eigenvalue weighted by molar-refractivity contribution is 0.311. The van der Waals surface area contributed by atoms with E-state index in [2.05, 4.69) is 39.1 Å². The minimum Gasteiger partial charge on any atom is -0.338 e. The number of benzene rings is 1. The summed E-state index contributed by atoms with van der Waals surface area (Å²) in [5.74, 6) is 0.627. The van der Waals surface area contributed by atoms with Crippen LogP contribution in [0.4, 0.5) is 10.3 Å². The van der Waals surface area contributed by atoms with Crippen LogP contribution in [0.2, 0.25) is 0 Å². The molecule has 5 nitrogen and oxygen atoms in total. The minimum absolute atomic E-state index is 0.183. The fourth-order valence-corrected chi connectivity index (χ4v) is 2.99. The van der Waals surface area contributed by atoms with Crippen LogP contribution < -0.4 is 10.2 Å². The fourth-order valence-electron chi connectivity index (χ4n) is 2.99. The van der Waals surface area contributed by atoms with Crippen molar-refractivity contribution in [3.8, 4) is 0 Å². The van der Waals surface area contributed by atoms with Crippen LogP contribution in [0, 0.1) is 5.82 Å². The van der Waals surface area contributed by atoms with Crippen LogP contribution >= 0.6 is 0 Å². The summed E-state index contributed by atoms with van der Waals surface area (Å²) in [4.78, 5) is 13.6. The van der Waals surface area contributed by atoms with Gasteiger partial charge in [-0.1, -0.05) is 12.1 Å². The van der Waals surface area contributed by atoms with Crippen molar-refractivity contribution in [3.63, 3.8) is 0 Å². The van der Waals surface area contributed by atoms with Crippen LogP contribution in [0.25, 0.3) is 0 Å². The Bertz CT molecular complexity index is 668. The van der Waals surface area contributed by atoms with Crippen LogP contribution in [-0.4, -0.2) is 54.1 Å². The summed E-state index contributed by atoms with van der Waals surface area (Å²) in [5.41, 5.74) is 2.06. The fraction of sp³-hybridized carbons (Fsp3) is 0.474. The minimum atomic E-state index is -0.183. The summed E-state index contributed by atoms with van der Waals surface area (Å²) >= 11 is 0. The molecule has 134 valence electrons. The first-order valence-electron chi connectivity index (χ1n) is 8.82. The Hall–Kier alpha value is -2.05. The normalized spacial score (nSPS) is 16.8. The zero-order valence-corrected chi connectivity index (χ0v) is 15.0. The Labute approximate surface area is 148 Å². The maximum Gasteiger partial charge on any atom is 0.225 e. The Morgan fingerprint density at radius 1 is 1.12 bits per heavy atom. The van der Waals surface area contributed by atoms with Crippen molar-refractivity contribution in [2.45, 2.75) is 25.9 Å². The monoisotopic (exact) mass is 343 g/mol. The first-order chi connectivity index (χ1) is 12.1. The third-order valence-electron chi connectivity index (χ3n) is 4.56. The highest BCUT2D eigenvalue weighted by Gasteiger charge is 2.16. The summed E-state index contributed by atoms with van der Waals surface area (Å²) in [5, 5.41) is 3.45. The molecular weight excluding hydrogens is 317 g/mol. The number of nitrogens with one attached hydrogen (secondary N) is 1. The van der Waals surface area contributed by atoms with Crippen molar-refractivity contribution in [2.24, 2.45) is 0 Å². The number of hydrogen-bond donors (Lipinski definition) is 1. The van der Waals surface area contributed by atoms with Gasteiger partial charge in [0.15, 0.2) is 0 Å². The molecule has 1 aromatic carbocycles. The summed E-state index contributed by atoms with van der Waals surface area (Å²) < 4.78 is 13.2. The lowest BCUT2D eigenvalue weighted by Crippen LogP contribution is -2.45. The number of aromatic nitrogens is 2. The Kier molecular flexibility index (Phi) is 5.94. The highest BCUT2D eigenvalue weighted by molar-refractivity contribution is 5.30. The number of anilines is 1. The van der Waals surface area contributed by atoms with Crippen LogP contribution in [-0.2, 0) is 13.0 Å². The molecule has 1 saturated heterocycles. The number of halogens is 1. The van der Waals surface area contributed by atoms with Gasteiger partial charge in [-0.15, -0.1) is 0 Å². The van der Waals surface area contributed by atoms with Gasteiger partial charge in [0.1, 0.15) is 5.82 Å². The van der Waals surface area contributed by atoms with E-state index in [4.69, 9.17) is 0 Å². The molecule has 0 radical (unpaired) electrons. The standard InChI is InChI=1S/C19H26FN5/c1-15(10-16-4-3-5-18(20)11-16)21-12-17-13-22-19(23-14-17)25-8-6-24(2)7-9-25/h3-5,11,13-15,21H,6-10,12H2,1-2H3/t15-/m1/s1. The van der Waals surface area contributed by atoms with E-state index in [0.29, 0.717) is 6.54 Å². The quantitative estimate of drug-likeness (QED) is 0.870. The number of nitrogens with zero attached hydrogens (tertiary/aromatic N) is 4. The van der Waals surface area contributed by atoms with E-state index in [0.717, 1.165) is 49.7 Å². The second-order valence-corrected chi connectivity index (χ2v) is 6.80. The third kappa shape index (κ3) is 5.21. The lowest BCUT2D eigenvalue weighted by Gasteiger charge is -2.32. The van der Waals surface area contributed by atoms with Crippen LogP contribution in [0.3, 0.4) is 0 Å². The smallest absolute Gasteiger partial charge is 0.225 e. The summed E-state index contributed by atoms with van der Waals surface area (Å²) in [7, 11) is 2.14. The highest BCUT2D eigenvalue weighted by Crippen LogP contribution is 2.11. The predicted molar refractivity (Wildman–Crippen MR) is 98.1 cm³/mol. The van der Waals surface area contributed by atoms with Crippen LogP contribution in [0.1, 0.15) is 18.1 Å². The Balaban J connectivity index is 1.48. The average molecular weight is 343 g/mol. The Morgan fingerprint density at radius 2 is 1.84 bits per heavy atom. The first-order valence-corrected chi connectivity index (χ1v) is 8.82. The SMILES string of the molecule is C[C@H](Cc1cccc(F)c1)NCc1cnc(N2CCN(C)CC2)nc1. The second-order valence-electron chi connectivity index (χ2n) is 6.80. The molecule has 1 fully saturated rings. The molecule has 0 spiro atoms. The van der Waals surface area contributed by atoms with Crippen LogP contribution in [0.5, 0.6) is 0 Å². The third-order valence-corrected chi connectivity index (χ3v) is 4.56. The highest BCUT2D eigenvalue weighted by atomic mass is 19.1. The first kappa shape index (κ1) is 17.8. The molecule has 1 N–H and O–H groups in total. The number of piperazine rings is 1. The largest absolute Gasteiger partial charge is 0.338 e. The van der Waals surface area contributed by atoms with Gasteiger partial charge in [-0.2, -0.15) is 0 Å². The predicted octanol–water partition coefficient (Wildman–Crippen LogP) is 2.09. The van der Waals surface area contributed by atoms with Gasteiger partial charge in [0.25, 0.3) is 0 Å². The van der Waals surface area contributed by atoms with Crippen molar-refractivity contribution in [1.29, 1.82) is 0 Å². The van der Waals surface area contributed by atoms with E-state index < -0.39 is 0 Å². The van der Waals surface area contributed by atoms with E-state index >= 15 is 0 Å². The zero-order valence-electron chi connectivity index (χ0n) is 15.0. The summed E-state index contributed by atoms with van der Waals surface area (Å²) in [6, 6.07) is 7.02. The summed E-state index contributed by atoms with van der Waals surface area (Å²) in [6.45, 7) is 6.84. The van der Waals surface area contributed by atoms with Gasteiger partial charge >= 0.3 is 0 Å². The van der Waals surface area contributed by atoms with Gasteiger partial charge in [-0.3, -0.25) is 0 Å². The second kappa shape index (κ2) is 8.36. The van der Waals surface area contributed by atoms with Crippen LogP contribution in [0.15, 0.2) is 36.7 Å². The molecule has 0 bridgehead atoms. The van der Waals surface area contributed by atoms with Gasteiger partial charge in [0, 0.05) is 56.7 Å². The van der Waals surface area contributed by atoms with Crippen molar-refractivity contribution in [2.75, 3.05) is 38.1 Å². The molecule has 1 aliphatic heterocycles.